The number of anilines is 2. The van der Waals surface area contributed by atoms with Crippen LogP contribution in [-0.4, -0.2) is 57.5 Å². The molecule has 5 rings (SSSR count). The van der Waals surface area contributed by atoms with Crippen molar-refractivity contribution in [3.63, 3.8) is 0 Å². The normalized spacial score (nSPS) is 18.8. The van der Waals surface area contributed by atoms with Gasteiger partial charge in [0.15, 0.2) is 0 Å². The molecule has 0 unspecified atom stereocenters. The summed E-state index contributed by atoms with van der Waals surface area (Å²) in [6.45, 7) is 6.07. The first-order valence-electron chi connectivity index (χ1n) is 10.6. The Morgan fingerprint density at radius 3 is 2.75 bits per heavy atom. The lowest BCUT2D eigenvalue weighted by molar-refractivity contribution is 0.102. The van der Waals surface area contributed by atoms with Crippen LogP contribution in [0.2, 0.25) is 0 Å². The van der Waals surface area contributed by atoms with E-state index >= 15 is 0 Å². The highest BCUT2D eigenvalue weighted by Gasteiger charge is 2.24. The number of hydrogen-bond acceptors (Lipinski definition) is 7. The number of aromatic nitrogens is 4. The summed E-state index contributed by atoms with van der Waals surface area (Å²) in [6, 6.07) is 8.43. The fraction of sp³-hybridized carbons (Fsp3) is 0.304. The van der Waals surface area contributed by atoms with E-state index in [9.17, 15) is 4.79 Å². The lowest BCUT2D eigenvalue weighted by Crippen LogP contribution is -2.54. The van der Waals surface area contributed by atoms with Crippen LogP contribution in [0.3, 0.4) is 0 Å². The topological polar surface area (TPSA) is 96.7 Å². The minimum absolute atomic E-state index is 0.227. The van der Waals surface area contributed by atoms with Crippen LogP contribution in [0.1, 0.15) is 24.2 Å². The van der Waals surface area contributed by atoms with Crippen molar-refractivity contribution in [1.29, 1.82) is 0 Å². The van der Waals surface area contributed by atoms with Crippen LogP contribution in [-0.2, 0) is 0 Å². The Morgan fingerprint density at radius 2 is 1.97 bits per heavy atom. The van der Waals surface area contributed by atoms with Crippen LogP contribution in [0, 0.1) is 0 Å². The van der Waals surface area contributed by atoms with E-state index in [-0.39, 0.29) is 11.9 Å². The number of piperazine rings is 1. The Bertz CT molecular complexity index is 1290. The second-order valence-electron chi connectivity index (χ2n) is 8.19. The highest BCUT2D eigenvalue weighted by Crippen LogP contribution is 2.31. The molecule has 4 aromatic rings. The molecule has 3 aromatic heterocycles. The molecule has 1 amide bonds. The summed E-state index contributed by atoms with van der Waals surface area (Å²) in [5.41, 5.74) is 3.53. The molecule has 4 heterocycles. The largest absolute Gasteiger partial charge is 0.467 e. The molecule has 1 aliphatic heterocycles. The molecule has 2 N–H and O–H groups in total. The molecule has 0 bridgehead atoms. The van der Waals surface area contributed by atoms with Crippen molar-refractivity contribution in [1.82, 2.24) is 24.7 Å². The number of rotatable bonds is 4. The molecule has 32 heavy (non-hydrogen) atoms. The molecule has 0 aliphatic carbocycles. The fourth-order valence-corrected chi connectivity index (χ4v) is 4.36. The number of amides is 1. The van der Waals surface area contributed by atoms with Crippen LogP contribution in [0.4, 0.5) is 11.4 Å². The van der Waals surface area contributed by atoms with Gasteiger partial charge in [-0.05, 0) is 38.1 Å². The standard InChI is InChI=1S/C23H25N7O2/c1-14-11-30(12-15(2)26-14)19-6-5-17(21-18(19)10-25-23(28-21)32-3)22(31)27-16-4-7-20-24-8-9-29(20)13-16/h4-10,13-15,26H,11-12H2,1-3H3,(H,27,31)/t14-,15-/m0/s1. The molecule has 9 nitrogen and oxygen atoms in total. The van der Waals surface area contributed by atoms with E-state index in [1.165, 1.54) is 7.11 Å². The quantitative estimate of drug-likeness (QED) is 0.513. The zero-order valence-corrected chi connectivity index (χ0v) is 18.2. The minimum Gasteiger partial charge on any atom is -0.467 e. The SMILES string of the molecule is COc1ncc2c(N3C[C@H](C)N[C@@H](C)C3)ccc(C(=O)Nc3ccc4nccn4c3)c2n1. The molecule has 2 atom stereocenters. The number of methoxy groups -OCH3 is 1. The molecule has 1 aliphatic rings. The summed E-state index contributed by atoms with van der Waals surface area (Å²) in [4.78, 5) is 28.6. The van der Waals surface area contributed by atoms with Crippen LogP contribution < -0.4 is 20.3 Å². The maximum absolute atomic E-state index is 13.2. The van der Waals surface area contributed by atoms with Gasteiger partial charge in [-0.3, -0.25) is 4.79 Å². The Balaban J connectivity index is 1.54. The van der Waals surface area contributed by atoms with E-state index in [4.69, 9.17) is 4.74 Å². The van der Waals surface area contributed by atoms with Gasteiger partial charge in [-0.1, -0.05) is 0 Å². The Labute approximate surface area is 185 Å². The minimum atomic E-state index is -0.246. The lowest BCUT2D eigenvalue weighted by atomic mass is 10.0. The van der Waals surface area contributed by atoms with Crippen molar-refractivity contribution >= 4 is 33.8 Å². The number of fused-ring (bicyclic) bond motifs is 2. The van der Waals surface area contributed by atoms with Crippen LogP contribution in [0.5, 0.6) is 6.01 Å². The van der Waals surface area contributed by atoms with Gasteiger partial charge in [0.25, 0.3) is 5.91 Å². The van der Waals surface area contributed by atoms with Gasteiger partial charge >= 0.3 is 6.01 Å². The van der Waals surface area contributed by atoms with Gasteiger partial charge < -0.3 is 24.7 Å². The lowest BCUT2D eigenvalue weighted by Gasteiger charge is -2.38. The molecule has 0 spiro atoms. The number of benzene rings is 1. The van der Waals surface area contributed by atoms with Gasteiger partial charge in [-0.15, -0.1) is 0 Å². The first kappa shape index (κ1) is 20.2. The third-order valence-electron chi connectivity index (χ3n) is 5.68. The fourth-order valence-electron chi connectivity index (χ4n) is 4.36. The van der Waals surface area contributed by atoms with Gasteiger partial charge in [0.05, 0.1) is 23.9 Å². The van der Waals surface area contributed by atoms with Gasteiger partial charge in [0.1, 0.15) is 5.65 Å². The molecular weight excluding hydrogens is 406 g/mol. The maximum atomic E-state index is 13.2. The first-order chi connectivity index (χ1) is 15.5. The summed E-state index contributed by atoms with van der Waals surface area (Å²) in [7, 11) is 1.52. The Hall–Kier alpha value is -3.72. The van der Waals surface area contributed by atoms with Crippen molar-refractivity contribution in [2.24, 2.45) is 0 Å². The average Bonchev–Trinajstić information content (AvgIpc) is 3.25. The number of nitrogens with one attached hydrogen (secondary N) is 2. The number of hydrogen-bond donors (Lipinski definition) is 2. The molecular formula is C23H25N7O2. The average molecular weight is 432 g/mol. The molecule has 0 radical (unpaired) electrons. The molecule has 0 saturated carbocycles. The van der Waals surface area contributed by atoms with Crippen molar-refractivity contribution < 1.29 is 9.53 Å². The predicted octanol–water partition coefficient (Wildman–Crippen LogP) is 2.73. The van der Waals surface area contributed by atoms with Gasteiger partial charge in [0.2, 0.25) is 0 Å². The van der Waals surface area contributed by atoms with Crippen molar-refractivity contribution in [3.05, 3.63) is 54.6 Å². The van der Waals surface area contributed by atoms with Crippen molar-refractivity contribution in [2.45, 2.75) is 25.9 Å². The molecule has 1 fully saturated rings. The second kappa shape index (κ2) is 8.08. The number of pyridine rings is 1. The smallest absolute Gasteiger partial charge is 0.316 e. The van der Waals surface area contributed by atoms with Crippen molar-refractivity contribution in [2.75, 3.05) is 30.4 Å². The van der Waals surface area contributed by atoms with Crippen LogP contribution in [0.25, 0.3) is 16.6 Å². The zero-order valence-electron chi connectivity index (χ0n) is 18.2. The first-order valence-corrected chi connectivity index (χ1v) is 10.6. The second-order valence-corrected chi connectivity index (χ2v) is 8.19. The molecule has 1 aromatic carbocycles. The van der Waals surface area contributed by atoms with E-state index in [0.717, 1.165) is 29.8 Å². The number of nitrogens with zero attached hydrogens (tertiary/aromatic N) is 5. The van der Waals surface area contributed by atoms with Gasteiger partial charge in [-0.2, -0.15) is 4.98 Å². The molecule has 164 valence electrons. The van der Waals surface area contributed by atoms with E-state index in [0.29, 0.717) is 28.9 Å². The van der Waals surface area contributed by atoms with Crippen LogP contribution >= 0.6 is 0 Å². The third-order valence-corrected chi connectivity index (χ3v) is 5.68. The zero-order chi connectivity index (χ0) is 22.2. The predicted molar refractivity (Wildman–Crippen MR) is 124 cm³/mol. The summed E-state index contributed by atoms with van der Waals surface area (Å²) in [6.07, 6.45) is 7.12. The summed E-state index contributed by atoms with van der Waals surface area (Å²) in [5.74, 6) is -0.246. The van der Waals surface area contributed by atoms with E-state index < -0.39 is 0 Å². The van der Waals surface area contributed by atoms with E-state index in [2.05, 4.69) is 44.3 Å². The monoisotopic (exact) mass is 431 g/mol. The third kappa shape index (κ3) is 3.71. The van der Waals surface area contributed by atoms with E-state index in [1.54, 1.807) is 12.4 Å². The van der Waals surface area contributed by atoms with Gasteiger partial charge in [0, 0.05) is 61.0 Å². The number of ether oxygens (including phenoxy) is 1. The highest BCUT2D eigenvalue weighted by molar-refractivity contribution is 6.13. The van der Waals surface area contributed by atoms with Crippen LogP contribution in [0.15, 0.2) is 49.1 Å². The number of imidazole rings is 1. The summed E-state index contributed by atoms with van der Waals surface area (Å²) in [5, 5.41) is 7.34. The Kier molecular flexibility index (Phi) is 5.10. The maximum Gasteiger partial charge on any atom is 0.316 e. The van der Waals surface area contributed by atoms with Gasteiger partial charge in [-0.25, -0.2) is 9.97 Å². The van der Waals surface area contributed by atoms with Crippen molar-refractivity contribution in [3.8, 4) is 6.01 Å². The number of carbonyl (C=O) groups is 1. The molecule has 9 heteroatoms. The summed E-state index contributed by atoms with van der Waals surface area (Å²) < 4.78 is 7.10. The number of carbonyl (C=O) groups excluding carboxylic acids is 1. The molecule has 1 saturated heterocycles. The summed E-state index contributed by atoms with van der Waals surface area (Å²) >= 11 is 0. The highest BCUT2D eigenvalue weighted by atomic mass is 16.5. The van der Waals surface area contributed by atoms with E-state index in [1.807, 2.05) is 41.1 Å². The Morgan fingerprint density at radius 1 is 1.16 bits per heavy atom.